The predicted molar refractivity (Wildman–Crippen MR) is 106 cm³/mol. The number of nitrogens with zero attached hydrogens (tertiary/aromatic N) is 3. The van der Waals surface area contributed by atoms with Crippen molar-refractivity contribution in [2.24, 2.45) is 0 Å². The third kappa shape index (κ3) is 3.91. The molecule has 2 N–H and O–H groups in total. The van der Waals surface area contributed by atoms with Gasteiger partial charge < -0.3 is 10.6 Å². The Morgan fingerprint density at radius 1 is 1.19 bits per heavy atom. The van der Waals surface area contributed by atoms with Crippen LogP contribution < -0.4 is 5.73 Å². The van der Waals surface area contributed by atoms with Crippen LogP contribution in [0.25, 0.3) is 11.1 Å². The summed E-state index contributed by atoms with van der Waals surface area (Å²) in [5.41, 5.74) is 12.4. The summed E-state index contributed by atoms with van der Waals surface area (Å²) in [5.74, 6) is 0.529. The van der Waals surface area contributed by atoms with Crippen molar-refractivity contribution in [2.75, 3.05) is 19.3 Å². The third-order valence-corrected chi connectivity index (χ3v) is 5.44. The normalized spacial score (nSPS) is 10.7. The van der Waals surface area contributed by atoms with Gasteiger partial charge in [0.15, 0.2) is 0 Å². The molecule has 134 valence electrons. The van der Waals surface area contributed by atoms with Crippen molar-refractivity contribution >= 4 is 23.1 Å². The fraction of sp³-hybridized carbons (Fsp3) is 0.250. The molecule has 6 heteroatoms. The van der Waals surface area contributed by atoms with E-state index in [0.29, 0.717) is 17.9 Å². The van der Waals surface area contributed by atoms with Gasteiger partial charge in [-0.15, -0.1) is 11.3 Å². The minimum absolute atomic E-state index is 0.0193. The van der Waals surface area contributed by atoms with E-state index >= 15 is 0 Å². The molecule has 0 radical (unpaired) electrons. The monoisotopic (exact) mass is 366 g/mol. The Labute approximate surface area is 157 Å². The molecule has 0 atom stereocenters. The summed E-state index contributed by atoms with van der Waals surface area (Å²) in [4.78, 5) is 24.0. The molecule has 2 aromatic heterocycles. The number of aryl methyl sites for hydroxylation is 2. The number of amides is 1. The first-order chi connectivity index (χ1) is 12.5. The largest absolute Gasteiger partial charge is 0.384 e. The van der Waals surface area contributed by atoms with Crippen molar-refractivity contribution in [1.29, 1.82) is 0 Å². The van der Waals surface area contributed by atoms with Gasteiger partial charge >= 0.3 is 0 Å². The molecule has 0 saturated heterocycles. The molecule has 5 nitrogen and oxygen atoms in total. The van der Waals surface area contributed by atoms with E-state index in [1.54, 1.807) is 22.4 Å². The number of nitrogen functional groups attached to an aromatic ring is 1. The Kier molecular flexibility index (Phi) is 5.32. The van der Waals surface area contributed by atoms with Crippen LogP contribution in [0.1, 0.15) is 26.5 Å². The maximum Gasteiger partial charge on any atom is 0.253 e. The van der Waals surface area contributed by atoms with Crippen LogP contribution in [0.4, 0.5) is 5.82 Å². The number of benzene rings is 1. The number of thiazole rings is 1. The Bertz CT molecular complexity index is 918. The van der Waals surface area contributed by atoms with E-state index in [2.05, 4.69) is 9.97 Å². The van der Waals surface area contributed by atoms with Gasteiger partial charge in [-0.2, -0.15) is 0 Å². The van der Waals surface area contributed by atoms with Crippen molar-refractivity contribution in [1.82, 2.24) is 14.9 Å². The number of rotatable bonds is 5. The molecule has 3 aromatic rings. The molecule has 0 unspecified atom stereocenters. The van der Waals surface area contributed by atoms with Crippen molar-refractivity contribution in [3.05, 3.63) is 63.7 Å². The molecular weight excluding hydrogens is 344 g/mol. The molecule has 0 saturated carbocycles. The van der Waals surface area contributed by atoms with Crippen LogP contribution in [-0.4, -0.2) is 34.4 Å². The third-order valence-electron chi connectivity index (χ3n) is 4.44. The van der Waals surface area contributed by atoms with E-state index in [-0.39, 0.29) is 5.91 Å². The quantitative estimate of drug-likeness (QED) is 0.747. The predicted octanol–water partition coefficient (Wildman–Crippen LogP) is 3.72. The first-order valence-corrected chi connectivity index (χ1v) is 9.30. The highest BCUT2D eigenvalue weighted by Crippen LogP contribution is 2.24. The van der Waals surface area contributed by atoms with E-state index in [9.17, 15) is 4.79 Å². The van der Waals surface area contributed by atoms with Gasteiger partial charge in [0.25, 0.3) is 5.91 Å². The van der Waals surface area contributed by atoms with Crippen LogP contribution in [0, 0.1) is 13.8 Å². The Morgan fingerprint density at radius 3 is 2.54 bits per heavy atom. The van der Waals surface area contributed by atoms with Crippen molar-refractivity contribution in [2.45, 2.75) is 20.3 Å². The lowest BCUT2D eigenvalue weighted by Crippen LogP contribution is -2.28. The number of carbonyl (C=O) groups is 1. The molecule has 0 aliphatic carbocycles. The second kappa shape index (κ2) is 7.66. The van der Waals surface area contributed by atoms with Crippen molar-refractivity contribution < 1.29 is 4.79 Å². The molecule has 0 aliphatic rings. The van der Waals surface area contributed by atoms with E-state index in [0.717, 1.165) is 28.8 Å². The van der Waals surface area contributed by atoms with Gasteiger partial charge in [0, 0.05) is 42.2 Å². The number of pyridine rings is 1. The lowest BCUT2D eigenvalue weighted by atomic mass is 10.0. The minimum Gasteiger partial charge on any atom is -0.384 e. The van der Waals surface area contributed by atoms with Crippen LogP contribution in [0.15, 0.2) is 42.0 Å². The second-order valence-electron chi connectivity index (χ2n) is 6.34. The zero-order chi connectivity index (χ0) is 18.7. The molecule has 26 heavy (non-hydrogen) atoms. The number of anilines is 1. The summed E-state index contributed by atoms with van der Waals surface area (Å²) < 4.78 is 0. The van der Waals surface area contributed by atoms with Crippen LogP contribution in [-0.2, 0) is 6.42 Å². The van der Waals surface area contributed by atoms with E-state index in [1.807, 2.05) is 56.7 Å². The highest BCUT2D eigenvalue weighted by Gasteiger charge is 2.13. The first kappa shape index (κ1) is 18.1. The molecular formula is C20H22N4OS. The zero-order valence-corrected chi connectivity index (χ0v) is 16.0. The van der Waals surface area contributed by atoms with Crippen molar-refractivity contribution in [3.8, 4) is 11.1 Å². The van der Waals surface area contributed by atoms with Gasteiger partial charge in [-0.05, 0) is 43.2 Å². The molecule has 0 spiro atoms. The fourth-order valence-electron chi connectivity index (χ4n) is 2.83. The number of nitrogens with two attached hydrogens (primary N) is 1. The maximum absolute atomic E-state index is 12.6. The van der Waals surface area contributed by atoms with Crippen LogP contribution in [0.2, 0.25) is 0 Å². The molecule has 2 heterocycles. The Morgan fingerprint density at radius 2 is 1.92 bits per heavy atom. The maximum atomic E-state index is 12.6. The molecule has 3 rings (SSSR count). The first-order valence-electron chi connectivity index (χ1n) is 8.42. The number of aromatic nitrogens is 2. The highest BCUT2D eigenvalue weighted by atomic mass is 32.1. The van der Waals surface area contributed by atoms with E-state index in [4.69, 9.17) is 5.73 Å². The molecule has 0 aliphatic heterocycles. The molecule has 1 aromatic carbocycles. The summed E-state index contributed by atoms with van der Waals surface area (Å²) in [6, 6.07) is 9.48. The number of hydrogen-bond donors (Lipinski definition) is 1. The summed E-state index contributed by atoms with van der Waals surface area (Å²) in [6.45, 7) is 4.67. The van der Waals surface area contributed by atoms with Gasteiger partial charge in [0.2, 0.25) is 0 Å². The fourth-order valence-corrected chi connectivity index (χ4v) is 3.60. The molecule has 1 amide bonds. The SMILES string of the molecule is Cc1cc(N)ncc1-c1ccc(C(=O)N(C)CCc2scnc2C)cc1. The summed E-state index contributed by atoms with van der Waals surface area (Å²) in [5, 5.41) is 0. The van der Waals surface area contributed by atoms with E-state index in [1.165, 1.54) is 4.88 Å². The Hall–Kier alpha value is -2.73. The minimum atomic E-state index is 0.0193. The van der Waals surface area contributed by atoms with Crippen LogP contribution in [0.3, 0.4) is 0 Å². The lowest BCUT2D eigenvalue weighted by Gasteiger charge is -2.17. The number of likely N-dealkylation sites (N-methyl/N-ethyl adjacent to an activating group) is 1. The van der Waals surface area contributed by atoms with E-state index < -0.39 is 0 Å². The lowest BCUT2D eigenvalue weighted by molar-refractivity contribution is 0.0797. The molecule has 0 fully saturated rings. The topological polar surface area (TPSA) is 72.1 Å². The number of hydrogen-bond acceptors (Lipinski definition) is 5. The van der Waals surface area contributed by atoms with Gasteiger partial charge in [0.05, 0.1) is 11.2 Å². The Balaban J connectivity index is 1.69. The van der Waals surface area contributed by atoms with Crippen molar-refractivity contribution in [3.63, 3.8) is 0 Å². The van der Waals surface area contributed by atoms with Gasteiger partial charge in [0.1, 0.15) is 5.82 Å². The summed E-state index contributed by atoms with van der Waals surface area (Å²) in [7, 11) is 1.83. The standard InChI is InChI=1S/C20H22N4OS/c1-13-10-19(21)22-11-17(13)15-4-6-16(7-5-15)20(25)24(3)9-8-18-14(2)23-12-26-18/h4-7,10-12H,8-9H2,1-3H3,(H2,21,22). The van der Waals surface area contributed by atoms with Gasteiger partial charge in [-0.25, -0.2) is 9.97 Å². The summed E-state index contributed by atoms with van der Waals surface area (Å²) in [6.07, 6.45) is 2.60. The smallest absolute Gasteiger partial charge is 0.253 e. The van der Waals surface area contributed by atoms with Gasteiger partial charge in [-0.3, -0.25) is 4.79 Å². The van der Waals surface area contributed by atoms with Crippen LogP contribution in [0.5, 0.6) is 0 Å². The average molecular weight is 366 g/mol. The van der Waals surface area contributed by atoms with Gasteiger partial charge in [-0.1, -0.05) is 12.1 Å². The second-order valence-corrected chi connectivity index (χ2v) is 7.28. The summed E-state index contributed by atoms with van der Waals surface area (Å²) >= 11 is 1.64. The average Bonchev–Trinajstić information content (AvgIpc) is 3.04. The molecule has 0 bridgehead atoms. The zero-order valence-electron chi connectivity index (χ0n) is 15.2. The highest BCUT2D eigenvalue weighted by molar-refractivity contribution is 7.09. The number of carbonyl (C=O) groups excluding carboxylic acids is 1. The van der Waals surface area contributed by atoms with Crippen LogP contribution >= 0.6 is 11.3 Å².